The highest BCUT2D eigenvalue weighted by Gasteiger charge is 1.81. The van der Waals surface area contributed by atoms with Crippen LogP contribution in [0.4, 0.5) is 0 Å². The summed E-state index contributed by atoms with van der Waals surface area (Å²) in [6.07, 6.45) is 38.2. The molecule has 0 atom stereocenters. The van der Waals surface area contributed by atoms with Gasteiger partial charge in [0.1, 0.15) is 42.8 Å². The standard InChI is InChI=1S/C6H7N.7C5H6N2.3C4H5N3.11C2H6.CH4/c1-6-2-4-7-5-3-6;1-5-2-6-4-7-3-5;1-5-4-6-2-3-7-5;1-5-2-3-6-4-7-5;1-5-2-3-6-7-4-5;2*1-5-6-3-2-4-7-5;1-5-3-2-4-6-7-5;1-4-2-6-7-3-5-4;1-4-2-5-3-6-7-4;1-4-5-2-3-6-7-4;11*1-2;/h2-5H,1H3;7*2-4H,1H3;3*2-3H,1H3;11*1-2H3;1H4. The lowest BCUT2D eigenvalue weighted by Gasteiger charge is -1.82. The first-order valence-corrected chi connectivity index (χ1v) is 34.1. The number of aryl methyl sites for hydroxylation is 11. The van der Waals surface area contributed by atoms with Gasteiger partial charge in [-0.25, -0.2) is 54.8 Å². The van der Waals surface area contributed by atoms with E-state index >= 15 is 0 Å². The molecule has 0 fully saturated rings. The van der Waals surface area contributed by atoms with Gasteiger partial charge >= 0.3 is 0 Å². The second-order valence-electron chi connectivity index (χ2n) is 14.7. The van der Waals surface area contributed by atoms with Gasteiger partial charge in [-0.3, -0.25) is 15.0 Å². The third kappa shape index (κ3) is 109. The van der Waals surface area contributed by atoms with Gasteiger partial charge in [0.15, 0.2) is 0 Å². The molecule has 0 saturated heterocycles. The lowest BCUT2D eigenvalue weighted by atomic mass is 10.3. The Kier molecular flexibility index (Phi) is 132. The Morgan fingerprint density at radius 1 is 0.190 bits per heavy atom. The minimum atomic E-state index is 0. The zero-order valence-electron chi connectivity index (χ0n) is 67.1. The van der Waals surface area contributed by atoms with E-state index in [2.05, 4.69) is 121 Å². The molecule has 0 N–H and O–H groups in total. The van der Waals surface area contributed by atoms with Crippen LogP contribution in [-0.2, 0) is 0 Å². The van der Waals surface area contributed by atoms with Gasteiger partial charge in [0, 0.05) is 98.6 Å². The Balaban J connectivity index is -0.0000000827. The molecule has 0 aliphatic heterocycles. The van der Waals surface area contributed by atoms with Crippen LogP contribution in [0.1, 0.15) is 222 Å². The van der Waals surface area contributed by atoms with Gasteiger partial charge in [0.2, 0.25) is 0 Å². The fourth-order valence-electron chi connectivity index (χ4n) is 3.94. The molecule has 100 heavy (non-hydrogen) atoms. The number of nitrogens with zero attached hydrogens (tertiary/aromatic N) is 24. The van der Waals surface area contributed by atoms with Gasteiger partial charge in [0.05, 0.1) is 47.6 Å². The zero-order chi connectivity index (χ0) is 78.2. The first-order valence-electron chi connectivity index (χ1n) is 34.1. The predicted octanol–water partition coefficient (Wildman–Crippen LogP) is 19.3. The van der Waals surface area contributed by atoms with Crippen LogP contribution < -0.4 is 0 Å². The van der Waals surface area contributed by atoms with Crippen molar-refractivity contribution in [3.63, 3.8) is 0 Å². The van der Waals surface area contributed by atoms with Crippen LogP contribution >= 0.6 is 0 Å². The molecule has 0 amide bonds. The molecular weight excluding hydrogens is 1250 g/mol. The summed E-state index contributed by atoms with van der Waals surface area (Å²) in [7, 11) is 0. The van der Waals surface area contributed by atoms with Crippen LogP contribution in [0, 0.1) is 76.2 Å². The molecule has 11 aromatic rings. The molecule has 11 aromatic heterocycles. The first kappa shape index (κ1) is 117. The van der Waals surface area contributed by atoms with Crippen molar-refractivity contribution in [2.24, 2.45) is 0 Å². The van der Waals surface area contributed by atoms with Gasteiger partial charge in [0.25, 0.3) is 0 Å². The van der Waals surface area contributed by atoms with Gasteiger partial charge in [-0.1, -0.05) is 160 Å². The van der Waals surface area contributed by atoms with Gasteiger partial charge < -0.3 is 0 Å². The molecule has 0 aromatic carbocycles. The minimum Gasteiger partial charge on any atom is -0.265 e. The van der Waals surface area contributed by atoms with E-state index in [1.54, 1.807) is 137 Å². The molecule has 0 spiro atoms. The SMILES string of the molecule is C.CC.CC.CC.CC.CC.CC.CC.CC.CC.CC.CC.Cc1cccnn1.Cc1ccncc1.Cc1ccncn1.Cc1ccnnc1.Cc1cnccn1.Cc1cncnc1.Cc1cncnn1.Cc1cnncn1.Cc1ncccn1.Cc1ncccn1.Cc1nccnn1. The van der Waals surface area contributed by atoms with E-state index in [0.717, 1.165) is 51.2 Å². The van der Waals surface area contributed by atoms with Crippen LogP contribution in [0.3, 0.4) is 0 Å². The smallest absolute Gasteiger partial charge is 0.147 e. The summed E-state index contributed by atoms with van der Waals surface area (Å²) in [4.78, 5) is 53.5. The molecule has 24 heteroatoms. The highest BCUT2D eigenvalue weighted by Crippen LogP contribution is 1.90. The lowest BCUT2D eigenvalue weighted by molar-refractivity contribution is 0.907. The summed E-state index contributed by atoms with van der Waals surface area (Å²) >= 11 is 0. The van der Waals surface area contributed by atoms with E-state index in [4.69, 9.17) is 0 Å². The summed E-state index contributed by atoms with van der Waals surface area (Å²) in [5.41, 5.74) is 8.19. The fraction of sp³-hybridized carbons (Fsp3) is 0.447. The van der Waals surface area contributed by atoms with Crippen LogP contribution in [-0.4, -0.2) is 121 Å². The molecule has 0 unspecified atom stereocenters. The lowest BCUT2D eigenvalue weighted by Crippen LogP contribution is -1.85. The van der Waals surface area contributed by atoms with Crippen LogP contribution in [0.2, 0.25) is 0 Å². The Bertz CT molecular complexity index is 2220. The number of aromatic nitrogens is 24. The Morgan fingerprint density at radius 2 is 0.620 bits per heavy atom. The topological polar surface area (TPSA) is 309 Å². The van der Waals surface area contributed by atoms with Crippen LogP contribution in [0.15, 0.2) is 192 Å². The summed E-state index contributed by atoms with van der Waals surface area (Å²) in [5.74, 6) is 2.35. The highest BCUT2D eigenvalue weighted by atomic mass is 15.1. The molecule has 11 rings (SSSR count). The van der Waals surface area contributed by atoms with E-state index < -0.39 is 0 Å². The van der Waals surface area contributed by atoms with Crippen molar-refractivity contribution in [1.29, 1.82) is 0 Å². The van der Waals surface area contributed by atoms with E-state index in [1.165, 1.54) is 30.9 Å². The van der Waals surface area contributed by atoms with E-state index in [-0.39, 0.29) is 7.43 Å². The summed E-state index contributed by atoms with van der Waals surface area (Å²) < 4.78 is 0. The van der Waals surface area contributed by atoms with Crippen molar-refractivity contribution in [1.82, 2.24) is 121 Å². The Hall–Kier alpha value is -10.3. The summed E-state index contributed by atoms with van der Waals surface area (Å²) in [6, 6.07) is 15.1. The molecule has 11 heterocycles. The molecular formula is C76H134N24. The van der Waals surface area contributed by atoms with Crippen molar-refractivity contribution in [3.05, 3.63) is 254 Å². The predicted molar refractivity (Wildman–Crippen MR) is 422 cm³/mol. The Morgan fingerprint density at radius 3 is 0.820 bits per heavy atom. The maximum Gasteiger partial charge on any atom is 0.147 e. The monoisotopic (exact) mass is 1380 g/mol. The molecule has 0 aliphatic rings. The highest BCUT2D eigenvalue weighted by molar-refractivity contribution is 5.06. The van der Waals surface area contributed by atoms with Crippen molar-refractivity contribution in [2.75, 3.05) is 0 Å². The normalized spacial score (nSPS) is 7.37. The van der Waals surface area contributed by atoms with E-state index in [1.807, 2.05) is 258 Å². The molecule has 0 radical (unpaired) electrons. The van der Waals surface area contributed by atoms with E-state index in [9.17, 15) is 0 Å². The number of hydrogen-bond acceptors (Lipinski definition) is 24. The van der Waals surface area contributed by atoms with Crippen molar-refractivity contribution < 1.29 is 0 Å². The third-order valence-corrected chi connectivity index (χ3v) is 7.60. The van der Waals surface area contributed by atoms with E-state index in [0.29, 0.717) is 5.82 Å². The number of hydrogen-bond donors (Lipinski definition) is 0. The van der Waals surface area contributed by atoms with Crippen LogP contribution in [0.25, 0.3) is 0 Å². The average molecular weight is 1380 g/mol. The quantitative estimate of drug-likeness (QED) is 0.136. The van der Waals surface area contributed by atoms with Gasteiger partial charge in [-0.15, -0.1) is 15.3 Å². The van der Waals surface area contributed by atoms with Crippen LogP contribution in [0.5, 0.6) is 0 Å². The van der Waals surface area contributed by atoms with Gasteiger partial charge in [-0.05, 0) is 141 Å². The van der Waals surface area contributed by atoms with Gasteiger partial charge in [-0.2, -0.15) is 35.7 Å². The molecule has 0 saturated carbocycles. The number of rotatable bonds is 0. The number of pyridine rings is 1. The fourth-order valence-corrected chi connectivity index (χ4v) is 3.94. The summed E-state index contributed by atoms with van der Waals surface area (Å²) in [6.45, 7) is 65.0. The molecule has 0 aliphatic carbocycles. The maximum atomic E-state index is 3.92. The second-order valence-corrected chi connectivity index (χ2v) is 14.7. The summed E-state index contributed by atoms with van der Waals surface area (Å²) in [5, 5.41) is 36.0. The van der Waals surface area contributed by atoms with Crippen molar-refractivity contribution in [3.8, 4) is 0 Å². The minimum absolute atomic E-state index is 0. The van der Waals surface area contributed by atoms with Crippen molar-refractivity contribution in [2.45, 2.75) is 236 Å². The third-order valence-electron chi connectivity index (χ3n) is 7.60. The zero-order valence-corrected chi connectivity index (χ0v) is 67.1. The largest absolute Gasteiger partial charge is 0.265 e. The molecule has 0 bridgehead atoms. The van der Waals surface area contributed by atoms with Crippen molar-refractivity contribution >= 4 is 0 Å². The first-order chi connectivity index (χ1) is 48.3. The Labute approximate surface area is 608 Å². The second kappa shape index (κ2) is 113. The maximum absolute atomic E-state index is 3.92. The molecule has 558 valence electrons. The average Bonchev–Trinajstić information content (AvgIpc) is 3.83. The molecule has 24 nitrogen and oxygen atoms in total.